The number of aromatic amines is 1. The van der Waals surface area contributed by atoms with Crippen molar-refractivity contribution < 1.29 is 9.90 Å². The fourth-order valence-electron chi connectivity index (χ4n) is 2.05. The minimum atomic E-state index is -0.774. The van der Waals surface area contributed by atoms with Crippen molar-refractivity contribution in [2.75, 3.05) is 13.1 Å². The molecule has 0 bridgehead atoms. The van der Waals surface area contributed by atoms with Crippen LogP contribution in [-0.4, -0.2) is 34.1 Å². The quantitative estimate of drug-likeness (QED) is 0.694. The van der Waals surface area contributed by atoms with Gasteiger partial charge in [0, 0.05) is 18.5 Å². The second-order valence-electron chi connectivity index (χ2n) is 5.34. The molecule has 1 aromatic heterocycles. The Hall–Kier alpha value is -1.88. The van der Waals surface area contributed by atoms with Gasteiger partial charge in [0.15, 0.2) is 0 Å². The Kier molecular flexibility index (Phi) is 3.85. The van der Waals surface area contributed by atoms with E-state index in [4.69, 9.17) is 5.11 Å². The number of carboxylic acid groups (broad SMARTS) is 1. The van der Waals surface area contributed by atoms with Crippen LogP contribution in [-0.2, 0) is 10.2 Å². The molecule has 2 aromatic rings. The number of hydrogen-bond acceptors (Lipinski definition) is 3. The highest BCUT2D eigenvalue weighted by Gasteiger charge is 2.20. The average Bonchev–Trinajstić information content (AvgIpc) is 2.81. The normalized spacial score (nSPS) is 11.9. The van der Waals surface area contributed by atoms with E-state index in [9.17, 15) is 4.79 Å². The molecule has 3 N–H and O–H groups in total. The Morgan fingerprint density at radius 1 is 1.47 bits per heavy atom. The molecule has 0 fully saturated rings. The number of rotatable bonds is 6. The van der Waals surface area contributed by atoms with E-state index in [2.05, 4.69) is 41.3 Å². The van der Waals surface area contributed by atoms with E-state index >= 15 is 0 Å². The highest BCUT2D eigenvalue weighted by Crippen LogP contribution is 2.24. The summed E-state index contributed by atoms with van der Waals surface area (Å²) in [5.41, 5.74) is 3.12. The molecule has 5 heteroatoms. The maximum atomic E-state index is 10.5. The summed E-state index contributed by atoms with van der Waals surface area (Å²) in [6, 6.07) is 6.17. The molecule has 19 heavy (non-hydrogen) atoms. The largest absolute Gasteiger partial charge is 0.481 e. The van der Waals surface area contributed by atoms with Gasteiger partial charge in [0.2, 0.25) is 0 Å². The molecule has 2 rings (SSSR count). The Morgan fingerprint density at radius 3 is 3.00 bits per heavy atom. The van der Waals surface area contributed by atoms with E-state index in [1.54, 1.807) is 6.33 Å². The van der Waals surface area contributed by atoms with Crippen LogP contribution in [0.5, 0.6) is 0 Å². The van der Waals surface area contributed by atoms with Gasteiger partial charge in [-0.25, -0.2) is 4.98 Å². The highest BCUT2D eigenvalue weighted by atomic mass is 16.4. The van der Waals surface area contributed by atoms with Gasteiger partial charge in [0.1, 0.15) is 0 Å². The van der Waals surface area contributed by atoms with Crippen LogP contribution >= 0.6 is 0 Å². The van der Waals surface area contributed by atoms with Crippen LogP contribution in [0.2, 0.25) is 0 Å². The third kappa shape index (κ3) is 3.32. The average molecular weight is 261 g/mol. The second-order valence-corrected chi connectivity index (χ2v) is 5.34. The maximum absolute atomic E-state index is 10.5. The van der Waals surface area contributed by atoms with Crippen molar-refractivity contribution in [1.82, 2.24) is 15.3 Å². The molecule has 0 atom stereocenters. The monoisotopic (exact) mass is 261 g/mol. The first-order valence-electron chi connectivity index (χ1n) is 6.35. The van der Waals surface area contributed by atoms with Crippen LogP contribution in [0.3, 0.4) is 0 Å². The molecule has 0 aliphatic heterocycles. The third-order valence-corrected chi connectivity index (χ3v) is 3.28. The molecule has 0 amide bonds. The lowest BCUT2D eigenvalue weighted by Gasteiger charge is -2.25. The number of hydrogen-bond donors (Lipinski definition) is 3. The van der Waals surface area contributed by atoms with Gasteiger partial charge < -0.3 is 15.4 Å². The summed E-state index contributed by atoms with van der Waals surface area (Å²) in [5, 5.41) is 11.8. The van der Waals surface area contributed by atoms with Gasteiger partial charge in [-0.3, -0.25) is 4.79 Å². The zero-order valence-electron chi connectivity index (χ0n) is 11.2. The van der Waals surface area contributed by atoms with Crippen LogP contribution in [0, 0.1) is 0 Å². The van der Waals surface area contributed by atoms with Gasteiger partial charge in [-0.05, 0) is 17.7 Å². The number of nitrogens with zero attached hydrogens (tertiary/aromatic N) is 1. The second kappa shape index (κ2) is 5.40. The fourth-order valence-corrected chi connectivity index (χ4v) is 2.05. The fraction of sp³-hybridized carbons (Fsp3) is 0.429. The zero-order chi connectivity index (χ0) is 13.9. The minimum absolute atomic E-state index is 0.0577. The van der Waals surface area contributed by atoms with Crippen LogP contribution in [0.4, 0.5) is 0 Å². The number of aromatic nitrogens is 2. The lowest BCUT2D eigenvalue weighted by Crippen LogP contribution is -2.34. The van der Waals surface area contributed by atoms with E-state index in [-0.39, 0.29) is 11.8 Å². The Balaban J connectivity index is 2.03. The van der Waals surface area contributed by atoms with E-state index < -0.39 is 5.97 Å². The van der Waals surface area contributed by atoms with E-state index in [1.165, 1.54) is 5.56 Å². The van der Waals surface area contributed by atoms with Gasteiger partial charge in [0.05, 0.1) is 23.8 Å². The molecule has 1 heterocycles. The Labute approximate surface area is 112 Å². The van der Waals surface area contributed by atoms with Gasteiger partial charge in [-0.1, -0.05) is 19.9 Å². The van der Waals surface area contributed by atoms with Gasteiger partial charge in [-0.15, -0.1) is 0 Å². The molecular formula is C14H19N3O2. The van der Waals surface area contributed by atoms with Crippen molar-refractivity contribution in [2.24, 2.45) is 0 Å². The first kappa shape index (κ1) is 13.5. The number of aliphatic carboxylic acids is 1. The van der Waals surface area contributed by atoms with Crippen molar-refractivity contribution >= 4 is 17.0 Å². The summed E-state index contributed by atoms with van der Waals surface area (Å²) in [5.74, 6) is -0.774. The summed E-state index contributed by atoms with van der Waals surface area (Å²) in [7, 11) is 0. The number of carbonyl (C=O) groups is 1. The van der Waals surface area contributed by atoms with Gasteiger partial charge in [0.25, 0.3) is 0 Å². The van der Waals surface area contributed by atoms with Gasteiger partial charge >= 0.3 is 5.97 Å². The molecule has 0 saturated carbocycles. The van der Waals surface area contributed by atoms with Crippen molar-refractivity contribution in [1.29, 1.82) is 0 Å². The topological polar surface area (TPSA) is 78.0 Å². The summed E-state index contributed by atoms with van der Waals surface area (Å²) in [6.07, 6.45) is 1.84. The maximum Gasteiger partial charge on any atom is 0.304 e. The molecule has 1 aromatic carbocycles. The lowest BCUT2D eigenvalue weighted by atomic mass is 9.84. The van der Waals surface area contributed by atoms with E-state index in [1.807, 2.05) is 6.07 Å². The smallest absolute Gasteiger partial charge is 0.304 e. The SMILES string of the molecule is CC(C)(CNCCC(=O)O)c1ccc2nc[nH]c2c1. The first-order chi connectivity index (χ1) is 8.99. The van der Waals surface area contributed by atoms with E-state index in [0.29, 0.717) is 6.54 Å². The Bertz CT molecular complexity index is 575. The molecule has 5 nitrogen and oxygen atoms in total. The number of H-pyrrole nitrogens is 1. The number of fused-ring (bicyclic) bond motifs is 1. The van der Waals surface area contributed by atoms with Crippen LogP contribution in [0.25, 0.3) is 11.0 Å². The third-order valence-electron chi connectivity index (χ3n) is 3.28. The molecular weight excluding hydrogens is 242 g/mol. The molecule has 0 aliphatic carbocycles. The molecule has 0 aliphatic rings. The molecule has 0 unspecified atom stereocenters. The van der Waals surface area contributed by atoms with Crippen molar-refractivity contribution in [3.05, 3.63) is 30.1 Å². The van der Waals surface area contributed by atoms with Gasteiger partial charge in [-0.2, -0.15) is 0 Å². The van der Waals surface area contributed by atoms with Crippen molar-refractivity contribution in [3.8, 4) is 0 Å². The molecule has 0 saturated heterocycles. The first-order valence-corrected chi connectivity index (χ1v) is 6.35. The summed E-state index contributed by atoms with van der Waals surface area (Å²) in [4.78, 5) is 17.8. The van der Waals surface area contributed by atoms with Crippen molar-refractivity contribution in [2.45, 2.75) is 25.7 Å². The molecule has 102 valence electrons. The standard InChI is InChI=1S/C14H19N3O2/c1-14(2,8-15-6-5-13(18)19)10-3-4-11-12(7-10)17-9-16-11/h3-4,7,9,15H,5-6,8H2,1-2H3,(H,16,17)(H,18,19). The summed E-state index contributed by atoms with van der Waals surface area (Å²) < 4.78 is 0. The minimum Gasteiger partial charge on any atom is -0.481 e. The van der Waals surface area contributed by atoms with Crippen LogP contribution in [0.15, 0.2) is 24.5 Å². The predicted molar refractivity (Wildman–Crippen MR) is 74.2 cm³/mol. The number of carboxylic acids is 1. The number of nitrogens with one attached hydrogen (secondary N) is 2. The van der Waals surface area contributed by atoms with Crippen LogP contribution < -0.4 is 5.32 Å². The highest BCUT2D eigenvalue weighted by molar-refractivity contribution is 5.75. The van der Waals surface area contributed by atoms with E-state index in [0.717, 1.165) is 17.6 Å². The summed E-state index contributed by atoms with van der Waals surface area (Å²) >= 11 is 0. The molecule has 0 spiro atoms. The van der Waals surface area contributed by atoms with Crippen LogP contribution in [0.1, 0.15) is 25.8 Å². The van der Waals surface area contributed by atoms with Crippen molar-refractivity contribution in [3.63, 3.8) is 0 Å². The predicted octanol–water partition coefficient (Wildman–Crippen LogP) is 1.90. The Morgan fingerprint density at radius 2 is 2.26 bits per heavy atom. The zero-order valence-corrected chi connectivity index (χ0v) is 11.2. The number of imidazole rings is 1. The molecule has 0 radical (unpaired) electrons. The lowest BCUT2D eigenvalue weighted by molar-refractivity contribution is -0.136. The summed E-state index contributed by atoms with van der Waals surface area (Å²) in [6.45, 7) is 5.50. The number of benzene rings is 1.